The summed E-state index contributed by atoms with van der Waals surface area (Å²) in [6.45, 7) is 0.300. The lowest BCUT2D eigenvalue weighted by molar-refractivity contribution is -0.116. The Hall–Kier alpha value is -2.31. The Morgan fingerprint density at radius 2 is 2.12 bits per heavy atom. The molecule has 5 nitrogen and oxygen atoms in total. The second-order valence-corrected chi connectivity index (χ2v) is 6.04. The number of ether oxygens (including phenoxy) is 1. The second kappa shape index (κ2) is 7.51. The van der Waals surface area contributed by atoms with Crippen LogP contribution in [-0.2, 0) is 11.3 Å². The fourth-order valence-electron chi connectivity index (χ4n) is 2.18. The van der Waals surface area contributed by atoms with Crippen LogP contribution in [0.1, 0.15) is 5.76 Å². The number of alkyl halides is 1. The molecule has 0 fully saturated rings. The van der Waals surface area contributed by atoms with Crippen molar-refractivity contribution in [2.75, 3.05) is 17.9 Å². The van der Waals surface area contributed by atoms with Crippen molar-refractivity contribution in [3.8, 4) is 17.0 Å². The number of methoxy groups -OCH3 is 1. The molecule has 0 bridgehead atoms. The minimum absolute atomic E-state index is 0.113. The smallest absolute Gasteiger partial charge is 0.244 e. The summed E-state index contributed by atoms with van der Waals surface area (Å²) in [5.41, 5.74) is 1.75. The first-order chi connectivity index (χ1) is 11.7. The Morgan fingerprint density at radius 3 is 2.75 bits per heavy atom. The minimum atomic E-state index is -0.219. The highest BCUT2D eigenvalue weighted by Gasteiger charge is 2.20. The van der Waals surface area contributed by atoms with Crippen molar-refractivity contribution in [3.63, 3.8) is 0 Å². The zero-order chi connectivity index (χ0) is 16.9. The third-order valence-corrected chi connectivity index (χ3v) is 4.51. The van der Waals surface area contributed by atoms with Gasteiger partial charge in [-0.05, 0) is 36.4 Å². The standard InChI is InChI=1S/C17H15ClN2O3S/c1-22-13-6-4-12(5-7-13)15-11-24-17(19-15)20(16(21)9-18)10-14-3-2-8-23-14/h2-8,11H,9-10H2,1H3. The maximum Gasteiger partial charge on any atom is 0.244 e. The fourth-order valence-corrected chi connectivity index (χ4v) is 3.17. The Labute approximate surface area is 148 Å². The zero-order valence-corrected chi connectivity index (χ0v) is 14.5. The molecule has 0 radical (unpaired) electrons. The van der Waals surface area contributed by atoms with Gasteiger partial charge in [-0.3, -0.25) is 9.69 Å². The summed E-state index contributed by atoms with van der Waals surface area (Å²) in [7, 11) is 1.63. The van der Waals surface area contributed by atoms with Crippen molar-refractivity contribution < 1.29 is 13.9 Å². The van der Waals surface area contributed by atoms with Crippen LogP contribution in [0.2, 0.25) is 0 Å². The number of benzene rings is 1. The van der Waals surface area contributed by atoms with E-state index in [0.717, 1.165) is 17.0 Å². The Kier molecular flexibility index (Phi) is 5.17. The van der Waals surface area contributed by atoms with E-state index >= 15 is 0 Å². The predicted octanol–water partition coefficient (Wildman–Crippen LogP) is 4.18. The summed E-state index contributed by atoms with van der Waals surface area (Å²) in [4.78, 5) is 18.3. The van der Waals surface area contributed by atoms with E-state index in [2.05, 4.69) is 4.98 Å². The lowest BCUT2D eigenvalue weighted by Crippen LogP contribution is -2.31. The summed E-state index contributed by atoms with van der Waals surface area (Å²) >= 11 is 7.13. The number of hydrogen-bond donors (Lipinski definition) is 0. The minimum Gasteiger partial charge on any atom is -0.497 e. The molecule has 3 aromatic rings. The van der Waals surface area contributed by atoms with Gasteiger partial charge >= 0.3 is 0 Å². The molecule has 0 saturated carbocycles. The number of amides is 1. The van der Waals surface area contributed by atoms with E-state index in [4.69, 9.17) is 20.8 Å². The Balaban J connectivity index is 1.86. The molecule has 0 aliphatic rings. The number of halogens is 1. The Bertz CT molecular complexity index is 800. The van der Waals surface area contributed by atoms with Crippen LogP contribution in [-0.4, -0.2) is 23.9 Å². The average molecular weight is 363 g/mol. The van der Waals surface area contributed by atoms with Crippen molar-refractivity contribution in [2.45, 2.75) is 6.54 Å². The first-order valence-corrected chi connectivity index (χ1v) is 8.61. The molecule has 0 atom stereocenters. The number of rotatable bonds is 6. The van der Waals surface area contributed by atoms with E-state index in [1.54, 1.807) is 19.4 Å². The van der Waals surface area contributed by atoms with E-state index in [9.17, 15) is 4.79 Å². The highest BCUT2D eigenvalue weighted by Crippen LogP contribution is 2.29. The average Bonchev–Trinajstić information content (AvgIpc) is 3.31. The maximum absolute atomic E-state index is 12.2. The molecule has 0 aliphatic heterocycles. The second-order valence-electron chi connectivity index (χ2n) is 4.94. The molecular weight excluding hydrogens is 348 g/mol. The van der Waals surface area contributed by atoms with E-state index in [1.165, 1.54) is 16.2 Å². The molecule has 0 N–H and O–H groups in total. The van der Waals surface area contributed by atoms with E-state index in [0.29, 0.717) is 17.4 Å². The number of thiazole rings is 1. The first kappa shape index (κ1) is 16.5. The van der Waals surface area contributed by atoms with Crippen molar-refractivity contribution in [1.29, 1.82) is 0 Å². The SMILES string of the molecule is COc1ccc(-c2csc(N(Cc3ccco3)C(=O)CCl)n2)cc1. The van der Waals surface area contributed by atoms with Crippen LogP contribution in [0.15, 0.2) is 52.5 Å². The molecule has 2 aromatic heterocycles. The van der Waals surface area contributed by atoms with Crippen LogP contribution >= 0.6 is 22.9 Å². The molecule has 7 heteroatoms. The molecule has 3 rings (SSSR count). The normalized spacial score (nSPS) is 10.6. The number of aromatic nitrogens is 1. The lowest BCUT2D eigenvalue weighted by Gasteiger charge is -2.17. The van der Waals surface area contributed by atoms with Gasteiger partial charge < -0.3 is 9.15 Å². The Morgan fingerprint density at radius 1 is 1.33 bits per heavy atom. The number of furan rings is 1. The van der Waals surface area contributed by atoms with Crippen molar-refractivity contribution in [1.82, 2.24) is 4.98 Å². The molecule has 24 heavy (non-hydrogen) atoms. The quantitative estimate of drug-likeness (QED) is 0.617. The summed E-state index contributed by atoms with van der Waals surface area (Å²) in [5, 5.41) is 2.50. The van der Waals surface area contributed by atoms with Gasteiger partial charge in [0.05, 0.1) is 25.6 Å². The lowest BCUT2D eigenvalue weighted by atomic mass is 10.2. The van der Waals surface area contributed by atoms with Gasteiger partial charge in [-0.15, -0.1) is 22.9 Å². The van der Waals surface area contributed by atoms with E-state index in [-0.39, 0.29) is 11.8 Å². The van der Waals surface area contributed by atoms with Crippen molar-refractivity contribution in [3.05, 3.63) is 53.8 Å². The largest absolute Gasteiger partial charge is 0.497 e. The summed E-state index contributed by atoms with van der Waals surface area (Å²) in [6.07, 6.45) is 1.57. The number of carbonyl (C=O) groups is 1. The predicted molar refractivity (Wildman–Crippen MR) is 94.7 cm³/mol. The van der Waals surface area contributed by atoms with Crippen LogP contribution in [0.5, 0.6) is 5.75 Å². The zero-order valence-electron chi connectivity index (χ0n) is 12.9. The molecule has 0 saturated heterocycles. The number of carbonyl (C=O) groups excluding carboxylic acids is 1. The van der Waals surface area contributed by atoms with Crippen LogP contribution in [0, 0.1) is 0 Å². The van der Waals surface area contributed by atoms with Gasteiger partial charge in [0.1, 0.15) is 17.4 Å². The van der Waals surface area contributed by atoms with Gasteiger partial charge in [0.15, 0.2) is 5.13 Å². The maximum atomic E-state index is 12.2. The van der Waals surface area contributed by atoms with E-state index < -0.39 is 0 Å². The highest BCUT2D eigenvalue weighted by atomic mass is 35.5. The molecule has 124 valence electrons. The molecular formula is C17H15ClN2O3S. The summed E-state index contributed by atoms with van der Waals surface area (Å²) < 4.78 is 10.5. The molecule has 0 spiro atoms. The third kappa shape index (κ3) is 3.60. The van der Waals surface area contributed by atoms with Crippen LogP contribution in [0.4, 0.5) is 5.13 Å². The van der Waals surface area contributed by atoms with Gasteiger partial charge in [-0.25, -0.2) is 4.98 Å². The molecule has 0 unspecified atom stereocenters. The molecule has 2 heterocycles. The van der Waals surface area contributed by atoms with E-state index in [1.807, 2.05) is 35.7 Å². The van der Waals surface area contributed by atoms with Gasteiger partial charge in [0, 0.05) is 10.9 Å². The van der Waals surface area contributed by atoms with Crippen LogP contribution in [0.3, 0.4) is 0 Å². The summed E-state index contributed by atoms with van der Waals surface area (Å²) in [6, 6.07) is 11.2. The van der Waals surface area contributed by atoms with Crippen LogP contribution < -0.4 is 9.64 Å². The van der Waals surface area contributed by atoms with Crippen molar-refractivity contribution >= 4 is 34.0 Å². The first-order valence-electron chi connectivity index (χ1n) is 7.20. The molecule has 1 amide bonds. The fraction of sp³-hybridized carbons (Fsp3) is 0.176. The van der Waals surface area contributed by atoms with Crippen LogP contribution in [0.25, 0.3) is 11.3 Å². The molecule has 1 aromatic carbocycles. The summed E-state index contributed by atoms with van der Waals surface area (Å²) in [5.74, 6) is 1.13. The molecule has 0 aliphatic carbocycles. The van der Waals surface area contributed by atoms with Gasteiger partial charge in [0.25, 0.3) is 0 Å². The third-order valence-electron chi connectivity index (χ3n) is 3.42. The van der Waals surface area contributed by atoms with Gasteiger partial charge in [-0.2, -0.15) is 0 Å². The van der Waals surface area contributed by atoms with Gasteiger partial charge in [0.2, 0.25) is 5.91 Å². The highest BCUT2D eigenvalue weighted by molar-refractivity contribution is 7.14. The topological polar surface area (TPSA) is 55.6 Å². The van der Waals surface area contributed by atoms with Crippen molar-refractivity contribution in [2.24, 2.45) is 0 Å². The monoisotopic (exact) mass is 362 g/mol. The number of nitrogens with zero attached hydrogens (tertiary/aromatic N) is 2. The number of anilines is 1. The number of hydrogen-bond acceptors (Lipinski definition) is 5. The van der Waals surface area contributed by atoms with Gasteiger partial charge in [-0.1, -0.05) is 0 Å².